The van der Waals surface area contributed by atoms with Crippen molar-refractivity contribution in [3.05, 3.63) is 64.6 Å². The van der Waals surface area contributed by atoms with Gasteiger partial charge in [-0.1, -0.05) is 11.6 Å². The number of pyridine rings is 1. The van der Waals surface area contributed by atoms with E-state index in [2.05, 4.69) is 20.8 Å². The molecule has 2 aromatic heterocycles. The van der Waals surface area contributed by atoms with Gasteiger partial charge in [0.05, 0.1) is 16.9 Å². The largest absolute Gasteiger partial charge is 0.484 e. The van der Waals surface area contributed by atoms with Crippen molar-refractivity contribution in [3.8, 4) is 5.75 Å². The molecule has 2 heterocycles. The van der Waals surface area contributed by atoms with Gasteiger partial charge >= 0.3 is 0 Å². The Kier molecular flexibility index (Phi) is 6.68. The van der Waals surface area contributed by atoms with Crippen LogP contribution in [0.1, 0.15) is 35.6 Å². The van der Waals surface area contributed by atoms with Gasteiger partial charge in [0.1, 0.15) is 17.1 Å². The molecule has 0 saturated heterocycles. The average Bonchev–Trinajstić information content (AvgIpc) is 3.01. The molecule has 3 aromatic rings. The Balaban J connectivity index is 1.59. The number of benzene rings is 1. The van der Waals surface area contributed by atoms with Gasteiger partial charge in [-0.2, -0.15) is 5.10 Å². The van der Waals surface area contributed by atoms with E-state index in [4.69, 9.17) is 16.3 Å². The van der Waals surface area contributed by atoms with Crippen LogP contribution in [-0.4, -0.2) is 40.1 Å². The highest BCUT2D eigenvalue weighted by molar-refractivity contribution is 6.30. The van der Waals surface area contributed by atoms with E-state index < -0.39 is 5.91 Å². The summed E-state index contributed by atoms with van der Waals surface area (Å²) in [5, 5.41) is 7.26. The molecule has 2 N–H and O–H groups in total. The first-order valence-corrected chi connectivity index (χ1v) is 9.71. The first-order chi connectivity index (χ1) is 14.3. The third-order valence-electron chi connectivity index (χ3n) is 4.05. The van der Waals surface area contributed by atoms with Gasteiger partial charge in [-0.25, -0.2) is 10.4 Å². The molecular weight excluding hydrogens is 406 g/mol. The molecule has 0 atom stereocenters. The first-order valence-electron chi connectivity index (χ1n) is 9.33. The Labute approximate surface area is 178 Å². The zero-order chi connectivity index (χ0) is 21.7. The number of rotatable bonds is 7. The van der Waals surface area contributed by atoms with Crippen LogP contribution in [0.5, 0.6) is 5.75 Å². The van der Waals surface area contributed by atoms with Crippen LogP contribution >= 0.6 is 11.6 Å². The fourth-order valence-corrected chi connectivity index (χ4v) is 2.95. The number of carbonyl (C=O) groups is 2. The van der Waals surface area contributed by atoms with Gasteiger partial charge in [0, 0.05) is 12.2 Å². The zero-order valence-corrected chi connectivity index (χ0v) is 17.6. The summed E-state index contributed by atoms with van der Waals surface area (Å²) >= 11 is 6.02. The molecule has 0 spiro atoms. The van der Waals surface area contributed by atoms with E-state index in [1.807, 2.05) is 13.8 Å². The van der Waals surface area contributed by atoms with Crippen molar-refractivity contribution in [1.82, 2.24) is 20.1 Å². The van der Waals surface area contributed by atoms with E-state index in [1.54, 1.807) is 53.9 Å². The van der Waals surface area contributed by atoms with Crippen LogP contribution in [0.2, 0.25) is 5.02 Å². The van der Waals surface area contributed by atoms with Crippen LogP contribution in [0, 0.1) is 6.92 Å². The highest BCUT2D eigenvalue weighted by atomic mass is 35.5. The lowest BCUT2D eigenvalue weighted by Crippen LogP contribution is -2.34. The summed E-state index contributed by atoms with van der Waals surface area (Å²) in [5.74, 6) is -0.00899. The van der Waals surface area contributed by atoms with Crippen molar-refractivity contribution in [3.63, 3.8) is 0 Å². The molecule has 0 unspecified atom stereocenters. The standard InChI is InChI=1S/C21H22ClN5O3/c1-13(2)24-19(28)12-30-17-7-4-15(5-8-17)10-23-26-21(29)20-14(3)25-18-9-6-16(22)11-27(18)20/h4-11,13H,12H2,1-3H3,(H,24,28)(H,26,29)/b23-10-. The number of halogens is 1. The predicted octanol–water partition coefficient (Wildman–Crippen LogP) is 2.96. The van der Waals surface area contributed by atoms with Crippen molar-refractivity contribution in [2.75, 3.05) is 6.61 Å². The van der Waals surface area contributed by atoms with E-state index in [9.17, 15) is 9.59 Å². The summed E-state index contributed by atoms with van der Waals surface area (Å²) in [7, 11) is 0. The monoisotopic (exact) mass is 427 g/mol. The van der Waals surface area contributed by atoms with Crippen LogP contribution in [0.25, 0.3) is 5.65 Å². The maximum atomic E-state index is 12.5. The number of carbonyl (C=O) groups excluding carboxylic acids is 2. The normalized spacial score (nSPS) is 11.2. The first kappa shape index (κ1) is 21.3. The molecule has 3 rings (SSSR count). The second kappa shape index (κ2) is 9.41. The van der Waals surface area contributed by atoms with E-state index in [-0.39, 0.29) is 18.6 Å². The summed E-state index contributed by atoms with van der Waals surface area (Å²) in [6, 6.07) is 10.5. The molecule has 1 aromatic carbocycles. The van der Waals surface area contributed by atoms with Gasteiger partial charge in [0.25, 0.3) is 11.8 Å². The van der Waals surface area contributed by atoms with Gasteiger partial charge in [0.15, 0.2) is 6.61 Å². The summed E-state index contributed by atoms with van der Waals surface area (Å²) in [4.78, 5) is 28.5. The van der Waals surface area contributed by atoms with E-state index in [1.165, 1.54) is 6.21 Å². The number of nitrogens with zero attached hydrogens (tertiary/aromatic N) is 3. The number of ether oxygens (including phenoxy) is 1. The fraction of sp³-hybridized carbons (Fsp3) is 0.238. The Hall–Kier alpha value is -3.39. The van der Waals surface area contributed by atoms with Crippen LogP contribution in [0.3, 0.4) is 0 Å². The minimum absolute atomic E-state index is 0.0512. The van der Waals surface area contributed by atoms with Gasteiger partial charge in [-0.05, 0) is 62.7 Å². The molecule has 0 aliphatic carbocycles. The lowest BCUT2D eigenvalue weighted by molar-refractivity contribution is -0.123. The number of imidazole rings is 1. The molecule has 156 valence electrons. The van der Waals surface area contributed by atoms with Crippen LogP contribution < -0.4 is 15.5 Å². The molecule has 8 nitrogen and oxygen atoms in total. The molecule has 30 heavy (non-hydrogen) atoms. The second-order valence-corrected chi connectivity index (χ2v) is 7.34. The lowest BCUT2D eigenvalue weighted by atomic mass is 10.2. The van der Waals surface area contributed by atoms with Gasteiger partial charge in [-0.3, -0.25) is 14.0 Å². The molecule has 0 aliphatic heterocycles. The number of hydrogen-bond acceptors (Lipinski definition) is 5. The fourth-order valence-electron chi connectivity index (χ4n) is 2.79. The SMILES string of the molecule is Cc1nc2ccc(Cl)cn2c1C(=O)N/N=C\c1ccc(OCC(=O)NC(C)C)cc1. The average molecular weight is 428 g/mol. The second-order valence-electron chi connectivity index (χ2n) is 6.90. The van der Waals surface area contributed by atoms with E-state index in [0.29, 0.717) is 27.8 Å². The Morgan fingerprint density at radius 2 is 1.97 bits per heavy atom. The minimum atomic E-state index is -0.394. The number of aryl methyl sites for hydroxylation is 1. The third kappa shape index (κ3) is 5.36. The van der Waals surface area contributed by atoms with Crippen molar-refractivity contribution >= 4 is 35.3 Å². The number of hydrazone groups is 1. The highest BCUT2D eigenvalue weighted by Crippen LogP contribution is 2.16. The minimum Gasteiger partial charge on any atom is -0.484 e. The van der Waals surface area contributed by atoms with Crippen molar-refractivity contribution < 1.29 is 14.3 Å². The molecule has 0 radical (unpaired) electrons. The molecule has 0 bridgehead atoms. The van der Waals surface area contributed by atoms with Crippen LogP contribution in [-0.2, 0) is 4.79 Å². The number of aromatic nitrogens is 2. The predicted molar refractivity (Wildman–Crippen MR) is 115 cm³/mol. The van der Waals surface area contributed by atoms with Gasteiger partial charge < -0.3 is 10.1 Å². The molecular formula is C21H22ClN5O3. The van der Waals surface area contributed by atoms with E-state index in [0.717, 1.165) is 5.56 Å². The maximum Gasteiger partial charge on any atom is 0.290 e. The number of amides is 2. The summed E-state index contributed by atoms with van der Waals surface area (Å²) in [6.07, 6.45) is 3.15. The Bertz CT molecular complexity index is 1090. The van der Waals surface area contributed by atoms with Gasteiger partial charge in [0.2, 0.25) is 0 Å². The van der Waals surface area contributed by atoms with Crippen molar-refractivity contribution in [2.24, 2.45) is 5.10 Å². The Morgan fingerprint density at radius 1 is 1.23 bits per heavy atom. The third-order valence-corrected chi connectivity index (χ3v) is 4.27. The molecule has 0 aliphatic rings. The molecule has 2 amide bonds. The molecule has 0 fully saturated rings. The molecule has 9 heteroatoms. The zero-order valence-electron chi connectivity index (χ0n) is 16.8. The number of fused-ring (bicyclic) bond motifs is 1. The van der Waals surface area contributed by atoms with E-state index >= 15 is 0 Å². The maximum absolute atomic E-state index is 12.5. The Morgan fingerprint density at radius 3 is 2.67 bits per heavy atom. The van der Waals surface area contributed by atoms with Crippen molar-refractivity contribution in [1.29, 1.82) is 0 Å². The smallest absolute Gasteiger partial charge is 0.290 e. The quantitative estimate of drug-likeness (QED) is 0.447. The summed E-state index contributed by atoms with van der Waals surface area (Å²) in [6.45, 7) is 5.47. The topological polar surface area (TPSA) is 97.1 Å². The van der Waals surface area contributed by atoms with Gasteiger partial charge in [-0.15, -0.1) is 0 Å². The van der Waals surface area contributed by atoms with Crippen LogP contribution in [0.4, 0.5) is 0 Å². The van der Waals surface area contributed by atoms with Crippen molar-refractivity contribution in [2.45, 2.75) is 26.8 Å². The van der Waals surface area contributed by atoms with Crippen LogP contribution in [0.15, 0.2) is 47.7 Å². The summed E-state index contributed by atoms with van der Waals surface area (Å²) in [5.41, 5.74) is 4.83. The molecule has 0 saturated carbocycles. The summed E-state index contributed by atoms with van der Waals surface area (Å²) < 4.78 is 7.06. The number of hydrogen-bond donors (Lipinski definition) is 2. The lowest BCUT2D eigenvalue weighted by Gasteiger charge is -2.09. The number of nitrogens with one attached hydrogen (secondary N) is 2. The highest BCUT2D eigenvalue weighted by Gasteiger charge is 2.16.